The topological polar surface area (TPSA) is 74.2 Å². The molecule has 0 atom stereocenters. The number of nitriles is 1. The molecule has 0 aliphatic rings. The van der Waals surface area contributed by atoms with Crippen LogP contribution in [0.4, 0.5) is 5.69 Å². The first-order chi connectivity index (χ1) is 9.51. The maximum atomic E-state index is 11.3. The number of nitrogens with one attached hydrogen (secondary N) is 2. The highest BCUT2D eigenvalue weighted by Gasteiger charge is 2.10. The van der Waals surface area contributed by atoms with Gasteiger partial charge in [0.05, 0.1) is 27.4 Å². The van der Waals surface area contributed by atoms with E-state index in [1.54, 1.807) is 25.1 Å². The number of esters is 1. The summed E-state index contributed by atoms with van der Waals surface area (Å²) in [5.74, 6) is -0.718. The Kier molecular flexibility index (Phi) is 6.46. The van der Waals surface area contributed by atoms with Crippen LogP contribution in [0.5, 0.6) is 0 Å². The predicted molar refractivity (Wildman–Crippen MR) is 78.6 cm³/mol. The SMILES string of the molecule is CCOC(=O)/C(C#N)=C/NNc1ccc(Cl)c(Cl)c1Cl. The lowest BCUT2D eigenvalue weighted by Gasteiger charge is -2.10. The van der Waals surface area contributed by atoms with Gasteiger partial charge in [-0.15, -0.1) is 0 Å². The van der Waals surface area contributed by atoms with Crippen LogP contribution in [0, 0.1) is 11.3 Å². The third kappa shape index (κ3) is 4.20. The van der Waals surface area contributed by atoms with Gasteiger partial charge in [0.1, 0.15) is 6.07 Å². The minimum Gasteiger partial charge on any atom is -0.462 e. The van der Waals surface area contributed by atoms with E-state index in [0.29, 0.717) is 10.7 Å². The molecule has 1 aromatic rings. The number of carbonyl (C=O) groups is 1. The summed E-state index contributed by atoms with van der Waals surface area (Å²) >= 11 is 17.6. The van der Waals surface area contributed by atoms with Crippen molar-refractivity contribution in [3.63, 3.8) is 0 Å². The van der Waals surface area contributed by atoms with E-state index in [1.165, 1.54) is 0 Å². The average molecular weight is 335 g/mol. The Hall–Kier alpha value is -1.61. The van der Waals surface area contributed by atoms with Gasteiger partial charge in [0.2, 0.25) is 0 Å². The minimum atomic E-state index is -0.718. The van der Waals surface area contributed by atoms with Gasteiger partial charge in [0.15, 0.2) is 5.57 Å². The number of rotatable bonds is 5. The number of anilines is 1. The first kappa shape index (κ1) is 16.4. The van der Waals surface area contributed by atoms with E-state index in [-0.39, 0.29) is 22.2 Å². The number of nitrogens with zero attached hydrogens (tertiary/aromatic N) is 1. The molecule has 0 aliphatic carbocycles. The molecule has 0 fully saturated rings. The molecule has 0 saturated carbocycles. The average Bonchev–Trinajstić information content (AvgIpc) is 2.43. The molecule has 20 heavy (non-hydrogen) atoms. The third-order valence-electron chi connectivity index (χ3n) is 2.07. The zero-order chi connectivity index (χ0) is 15.1. The summed E-state index contributed by atoms with van der Waals surface area (Å²) in [6.07, 6.45) is 1.16. The van der Waals surface area contributed by atoms with Gasteiger partial charge in [0, 0.05) is 6.20 Å². The maximum absolute atomic E-state index is 11.3. The highest BCUT2D eigenvalue weighted by atomic mass is 35.5. The van der Waals surface area contributed by atoms with Crippen molar-refractivity contribution < 1.29 is 9.53 Å². The smallest absolute Gasteiger partial charge is 0.350 e. The number of hydrogen-bond acceptors (Lipinski definition) is 5. The van der Waals surface area contributed by atoms with Crippen LogP contribution in [0.15, 0.2) is 23.9 Å². The summed E-state index contributed by atoms with van der Waals surface area (Å²) in [5, 5.41) is 9.55. The number of hydrazine groups is 1. The molecular weight excluding hydrogens is 325 g/mol. The van der Waals surface area contributed by atoms with Crippen LogP contribution < -0.4 is 10.9 Å². The van der Waals surface area contributed by atoms with Gasteiger partial charge in [-0.05, 0) is 19.1 Å². The van der Waals surface area contributed by atoms with E-state index in [4.69, 9.17) is 44.8 Å². The number of benzene rings is 1. The second-order valence-electron chi connectivity index (χ2n) is 3.38. The Morgan fingerprint density at radius 1 is 1.40 bits per heavy atom. The highest BCUT2D eigenvalue weighted by Crippen LogP contribution is 2.35. The van der Waals surface area contributed by atoms with Gasteiger partial charge in [0.25, 0.3) is 0 Å². The molecule has 0 amide bonds. The van der Waals surface area contributed by atoms with Crippen LogP contribution in [-0.2, 0) is 9.53 Å². The molecule has 0 bridgehead atoms. The zero-order valence-electron chi connectivity index (χ0n) is 10.3. The Morgan fingerprint density at radius 3 is 2.70 bits per heavy atom. The summed E-state index contributed by atoms with van der Waals surface area (Å²) in [4.78, 5) is 11.3. The first-order valence-electron chi connectivity index (χ1n) is 5.43. The zero-order valence-corrected chi connectivity index (χ0v) is 12.6. The van der Waals surface area contributed by atoms with E-state index in [0.717, 1.165) is 6.20 Å². The lowest BCUT2D eigenvalue weighted by Crippen LogP contribution is -2.18. The van der Waals surface area contributed by atoms with Crippen LogP contribution in [0.3, 0.4) is 0 Å². The molecule has 106 valence electrons. The molecule has 0 aromatic heterocycles. The van der Waals surface area contributed by atoms with Crippen molar-refractivity contribution in [2.24, 2.45) is 0 Å². The highest BCUT2D eigenvalue weighted by molar-refractivity contribution is 6.49. The first-order valence-corrected chi connectivity index (χ1v) is 6.57. The van der Waals surface area contributed by atoms with Crippen LogP contribution in [0.1, 0.15) is 6.92 Å². The largest absolute Gasteiger partial charge is 0.462 e. The molecule has 1 rings (SSSR count). The Morgan fingerprint density at radius 2 is 2.10 bits per heavy atom. The molecular formula is C12H10Cl3N3O2. The van der Waals surface area contributed by atoms with Crippen LogP contribution in [0.2, 0.25) is 15.1 Å². The Labute approximate surface area is 131 Å². The predicted octanol–water partition coefficient (Wildman–Crippen LogP) is 3.53. The van der Waals surface area contributed by atoms with E-state index < -0.39 is 5.97 Å². The summed E-state index contributed by atoms with van der Waals surface area (Å²) in [6.45, 7) is 1.83. The summed E-state index contributed by atoms with van der Waals surface area (Å²) < 4.78 is 4.69. The van der Waals surface area contributed by atoms with E-state index in [2.05, 4.69) is 10.9 Å². The van der Waals surface area contributed by atoms with Crippen molar-refractivity contribution in [3.05, 3.63) is 39.0 Å². The molecule has 2 N–H and O–H groups in total. The van der Waals surface area contributed by atoms with E-state index in [1.807, 2.05) is 0 Å². The normalized spacial score (nSPS) is 10.7. The van der Waals surface area contributed by atoms with Gasteiger partial charge < -0.3 is 10.2 Å². The molecule has 8 heteroatoms. The van der Waals surface area contributed by atoms with Crippen molar-refractivity contribution in [2.75, 3.05) is 12.0 Å². The van der Waals surface area contributed by atoms with E-state index in [9.17, 15) is 4.79 Å². The second-order valence-corrected chi connectivity index (χ2v) is 4.55. The molecule has 0 saturated heterocycles. The number of ether oxygens (including phenoxy) is 1. The van der Waals surface area contributed by atoms with Crippen LogP contribution in [-0.4, -0.2) is 12.6 Å². The van der Waals surface area contributed by atoms with Gasteiger partial charge >= 0.3 is 5.97 Å². The lowest BCUT2D eigenvalue weighted by atomic mass is 10.3. The maximum Gasteiger partial charge on any atom is 0.350 e. The Bertz CT molecular complexity index is 582. The van der Waals surface area contributed by atoms with Gasteiger partial charge in [-0.25, -0.2) is 4.79 Å². The summed E-state index contributed by atoms with van der Waals surface area (Å²) in [7, 11) is 0. The van der Waals surface area contributed by atoms with Gasteiger partial charge in [-0.3, -0.25) is 5.43 Å². The molecule has 1 aromatic carbocycles. The molecule has 0 unspecified atom stereocenters. The molecule has 5 nitrogen and oxygen atoms in total. The summed E-state index contributed by atoms with van der Waals surface area (Å²) in [6, 6.07) is 4.86. The third-order valence-corrected chi connectivity index (χ3v) is 3.37. The number of halogens is 3. The van der Waals surface area contributed by atoms with Gasteiger partial charge in [-0.1, -0.05) is 34.8 Å². The lowest BCUT2D eigenvalue weighted by molar-refractivity contribution is -0.138. The number of carbonyl (C=O) groups excluding carboxylic acids is 1. The molecule has 0 heterocycles. The van der Waals surface area contributed by atoms with Crippen molar-refractivity contribution in [1.82, 2.24) is 5.43 Å². The standard InChI is InChI=1S/C12H10Cl3N3O2/c1-2-20-12(19)7(5-16)6-17-18-9-4-3-8(13)10(14)11(9)15/h3-4,6,17-18H,2H2,1H3/b7-6+. The van der Waals surface area contributed by atoms with Crippen LogP contribution >= 0.6 is 34.8 Å². The van der Waals surface area contributed by atoms with Crippen molar-refractivity contribution in [3.8, 4) is 6.07 Å². The minimum absolute atomic E-state index is 0.184. The van der Waals surface area contributed by atoms with E-state index >= 15 is 0 Å². The van der Waals surface area contributed by atoms with Crippen molar-refractivity contribution in [1.29, 1.82) is 5.26 Å². The van der Waals surface area contributed by atoms with Crippen molar-refractivity contribution >= 4 is 46.5 Å². The summed E-state index contributed by atoms with van der Waals surface area (Å²) in [5.41, 5.74) is 5.50. The fraction of sp³-hybridized carbons (Fsp3) is 0.167. The Balaban J connectivity index is 2.75. The monoisotopic (exact) mass is 333 g/mol. The quantitative estimate of drug-likeness (QED) is 0.283. The molecule has 0 aliphatic heterocycles. The number of hydrogen-bond donors (Lipinski definition) is 2. The molecule has 0 radical (unpaired) electrons. The van der Waals surface area contributed by atoms with Crippen LogP contribution in [0.25, 0.3) is 0 Å². The second kappa shape index (κ2) is 7.85. The fourth-order valence-corrected chi connectivity index (χ4v) is 1.74. The van der Waals surface area contributed by atoms with Crippen molar-refractivity contribution in [2.45, 2.75) is 6.92 Å². The van der Waals surface area contributed by atoms with Gasteiger partial charge in [-0.2, -0.15) is 5.26 Å². The fourth-order valence-electron chi connectivity index (χ4n) is 1.15. The molecule has 0 spiro atoms.